The van der Waals surface area contributed by atoms with Crippen LogP contribution in [-0.4, -0.2) is 15.9 Å². The molecule has 1 aromatic carbocycles. The van der Waals surface area contributed by atoms with Crippen LogP contribution in [0.5, 0.6) is 0 Å². The minimum atomic E-state index is -0.184. The van der Waals surface area contributed by atoms with Crippen molar-refractivity contribution in [1.82, 2.24) is 9.97 Å². The maximum atomic E-state index is 12.7. The molecule has 2 N–H and O–H groups in total. The van der Waals surface area contributed by atoms with Gasteiger partial charge in [0.15, 0.2) is 0 Å². The molecule has 3 rings (SSSR count). The highest BCUT2D eigenvalue weighted by molar-refractivity contribution is 6.07. The smallest absolute Gasteiger partial charge is 0.259 e. The molecule has 0 fully saturated rings. The van der Waals surface area contributed by atoms with Crippen LogP contribution in [0.4, 0.5) is 11.5 Å². The number of hydrogen-bond acceptors (Lipinski definition) is 4. The first-order valence-electron chi connectivity index (χ1n) is 9.16. The van der Waals surface area contributed by atoms with Crippen molar-refractivity contribution in [2.75, 3.05) is 10.6 Å². The highest BCUT2D eigenvalue weighted by Crippen LogP contribution is 2.21. The van der Waals surface area contributed by atoms with Crippen LogP contribution in [0, 0.1) is 0 Å². The summed E-state index contributed by atoms with van der Waals surface area (Å²) in [5, 5.41) is 6.18. The van der Waals surface area contributed by atoms with E-state index in [9.17, 15) is 4.79 Å². The third kappa shape index (κ3) is 4.91. The number of nitrogens with one attached hydrogen (secondary N) is 2. The first kappa shape index (κ1) is 18.6. The van der Waals surface area contributed by atoms with Crippen molar-refractivity contribution < 1.29 is 4.79 Å². The Balaban J connectivity index is 1.69. The van der Waals surface area contributed by atoms with E-state index in [0.29, 0.717) is 23.8 Å². The average molecular weight is 360 g/mol. The third-order valence-electron chi connectivity index (χ3n) is 4.61. The van der Waals surface area contributed by atoms with Crippen molar-refractivity contribution in [1.29, 1.82) is 0 Å². The Labute approximate surface area is 159 Å². The molecule has 0 radical (unpaired) electrons. The standard InChI is InChI=1S/C22H24N4O/c1-3-16(2)18-6-8-19(9-7-18)26-22(27)20-5-4-12-24-21(20)25-15-17-10-13-23-14-11-17/h4-14,16H,3,15H2,1-2H3,(H,24,25)(H,26,27). The van der Waals surface area contributed by atoms with Crippen LogP contribution in [0.1, 0.15) is 47.7 Å². The molecule has 0 bridgehead atoms. The molecule has 2 heterocycles. The van der Waals surface area contributed by atoms with Gasteiger partial charge in [-0.2, -0.15) is 0 Å². The fraction of sp³-hybridized carbons (Fsp3) is 0.227. The summed E-state index contributed by atoms with van der Waals surface area (Å²) >= 11 is 0. The Kier molecular flexibility index (Phi) is 6.15. The van der Waals surface area contributed by atoms with E-state index in [2.05, 4.69) is 46.6 Å². The zero-order valence-corrected chi connectivity index (χ0v) is 15.6. The highest BCUT2D eigenvalue weighted by Gasteiger charge is 2.13. The van der Waals surface area contributed by atoms with Gasteiger partial charge in [-0.25, -0.2) is 4.98 Å². The average Bonchev–Trinajstić information content (AvgIpc) is 2.73. The molecule has 1 amide bonds. The SMILES string of the molecule is CCC(C)c1ccc(NC(=O)c2cccnc2NCc2ccncc2)cc1. The molecule has 0 aliphatic heterocycles. The van der Waals surface area contributed by atoms with Crippen LogP contribution < -0.4 is 10.6 Å². The van der Waals surface area contributed by atoms with Gasteiger partial charge in [0.2, 0.25) is 0 Å². The largest absolute Gasteiger partial charge is 0.365 e. The van der Waals surface area contributed by atoms with Crippen molar-refractivity contribution >= 4 is 17.4 Å². The molecule has 1 unspecified atom stereocenters. The second kappa shape index (κ2) is 8.94. The maximum absolute atomic E-state index is 12.7. The molecule has 138 valence electrons. The van der Waals surface area contributed by atoms with Crippen molar-refractivity contribution in [2.45, 2.75) is 32.7 Å². The normalized spacial score (nSPS) is 11.6. The molecular weight excluding hydrogens is 336 g/mol. The van der Waals surface area contributed by atoms with Gasteiger partial charge in [-0.3, -0.25) is 9.78 Å². The number of rotatable bonds is 7. The molecule has 27 heavy (non-hydrogen) atoms. The lowest BCUT2D eigenvalue weighted by Gasteiger charge is -2.13. The quantitative estimate of drug-likeness (QED) is 0.632. The summed E-state index contributed by atoms with van der Waals surface area (Å²) in [6, 6.07) is 15.4. The minimum Gasteiger partial charge on any atom is -0.365 e. The van der Waals surface area contributed by atoms with E-state index < -0.39 is 0 Å². The Hall–Kier alpha value is -3.21. The summed E-state index contributed by atoms with van der Waals surface area (Å²) in [4.78, 5) is 21.0. The van der Waals surface area contributed by atoms with Crippen LogP contribution in [0.15, 0.2) is 67.1 Å². The second-order valence-corrected chi connectivity index (χ2v) is 6.49. The summed E-state index contributed by atoms with van der Waals surface area (Å²) in [7, 11) is 0. The summed E-state index contributed by atoms with van der Waals surface area (Å²) in [6.07, 6.45) is 6.25. The summed E-state index contributed by atoms with van der Waals surface area (Å²) in [6.45, 7) is 4.94. The lowest BCUT2D eigenvalue weighted by molar-refractivity contribution is 0.102. The molecule has 1 atom stereocenters. The number of nitrogens with zero attached hydrogens (tertiary/aromatic N) is 2. The van der Waals surface area contributed by atoms with Gasteiger partial charge in [0.25, 0.3) is 5.91 Å². The topological polar surface area (TPSA) is 66.9 Å². The first-order valence-corrected chi connectivity index (χ1v) is 9.16. The summed E-state index contributed by atoms with van der Waals surface area (Å²) < 4.78 is 0. The van der Waals surface area contributed by atoms with Crippen LogP contribution in [0.3, 0.4) is 0 Å². The zero-order chi connectivity index (χ0) is 19.1. The lowest BCUT2D eigenvalue weighted by atomic mass is 9.98. The number of pyridine rings is 2. The second-order valence-electron chi connectivity index (χ2n) is 6.49. The van der Waals surface area contributed by atoms with Crippen LogP contribution in [0.2, 0.25) is 0 Å². The van der Waals surface area contributed by atoms with E-state index in [1.807, 2.05) is 24.3 Å². The van der Waals surface area contributed by atoms with Crippen molar-refractivity contribution in [3.63, 3.8) is 0 Å². The van der Waals surface area contributed by atoms with E-state index in [1.165, 1.54) is 5.56 Å². The van der Waals surface area contributed by atoms with Crippen molar-refractivity contribution in [3.05, 3.63) is 83.8 Å². The van der Waals surface area contributed by atoms with Crippen LogP contribution in [-0.2, 0) is 6.54 Å². The molecule has 2 aromatic heterocycles. The number of benzene rings is 1. The molecule has 5 nitrogen and oxygen atoms in total. The van der Waals surface area contributed by atoms with E-state index in [0.717, 1.165) is 17.7 Å². The summed E-state index contributed by atoms with van der Waals surface area (Å²) in [5.74, 6) is 0.886. The Morgan fingerprint density at radius 2 is 1.78 bits per heavy atom. The molecular formula is C22H24N4O. The predicted octanol–water partition coefficient (Wildman–Crippen LogP) is 4.85. The van der Waals surface area contributed by atoms with Gasteiger partial charge in [0, 0.05) is 30.8 Å². The van der Waals surface area contributed by atoms with Gasteiger partial charge >= 0.3 is 0 Å². The summed E-state index contributed by atoms with van der Waals surface area (Å²) in [5.41, 5.74) is 3.63. The van der Waals surface area contributed by atoms with E-state index >= 15 is 0 Å². The van der Waals surface area contributed by atoms with Gasteiger partial charge in [-0.1, -0.05) is 26.0 Å². The maximum Gasteiger partial charge on any atom is 0.259 e. The van der Waals surface area contributed by atoms with Gasteiger partial charge in [0.1, 0.15) is 5.82 Å². The number of hydrogen-bond donors (Lipinski definition) is 2. The van der Waals surface area contributed by atoms with Gasteiger partial charge in [-0.15, -0.1) is 0 Å². The van der Waals surface area contributed by atoms with Crippen LogP contribution in [0.25, 0.3) is 0 Å². The van der Waals surface area contributed by atoms with Crippen LogP contribution >= 0.6 is 0 Å². The van der Waals surface area contributed by atoms with Gasteiger partial charge in [-0.05, 0) is 59.9 Å². The number of aromatic nitrogens is 2. The van der Waals surface area contributed by atoms with E-state index in [-0.39, 0.29) is 5.91 Å². The Morgan fingerprint density at radius 3 is 2.48 bits per heavy atom. The number of carbonyl (C=O) groups is 1. The van der Waals surface area contributed by atoms with E-state index in [4.69, 9.17) is 0 Å². The van der Waals surface area contributed by atoms with Crippen molar-refractivity contribution in [3.8, 4) is 0 Å². The van der Waals surface area contributed by atoms with Gasteiger partial charge < -0.3 is 10.6 Å². The third-order valence-corrected chi connectivity index (χ3v) is 4.61. The number of carbonyl (C=O) groups excluding carboxylic acids is 1. The number of anilines is 2. The molecule has 0 saturated carbocycles. The monoisotopic (exact) mass is 360 g/mol. The lowest BCUT2D eigenvalue weighted by Crippen LogP contribution is -2.15. The van der Waals surface area contributed by atoms with Crippen molar-refractivity contribution in [2.24, 2.45) is 0 Å². The molecule has 5 heteroatoms. The molecule has 0 spiro atoms. The van der Waals surface area contributed by atoms with E-state index in [1.54, 1.807) is 30.7 Å². The first-order chi connectivity index (χ1) is 13.2. The molecule has 0 aliphatic carbocycles. The molecule has 0 aliphatic rings. The van der Waals surface area contributed by atoms with Gasteiger partial charge in [0.05, 0.1) is 5.56 Å². The predicted molar refractivity (Wildman–Crippen MR) is 109 cm³/mol. The molecule has 0 saturated heterocycles. The zero-order valence-electron chi connectivity index (χ0n) is 15.6. The molecule has 3 aromatic rings. The minimum absolute atomic E-state index is 0.184. The number of amides is 1. The Morgan fingerprint density at radius 1 is 1.04 bits per heavy atom. The Bertz CT molecular complexity index is 878. The fourth-order valence-electron chi connectivity index (χ4n) is 2.74. The highest BCUT2D eigenvalue weighted by atomic mass is 16.1. The fourth-order valence-corrected chi connectivity index (χ4v) is 2.74.